The normalized spacial score (nSPS) is 14.6. The maximum Gasteiger partial charge on any atom is 0.316 e. The van der Waals surface area contributed by atoms with Gasteiger partial charge in [-0.25, -0.2) is 8.42 Å². The molecule has 1 saturated heterocycles. The molecule has 1 fully saturated rings. The number of amides is 1. The highest BCUT2D eigenvalue weighted by atomic mass is 32.2. The zero-order chi connectivity index (χ0) is 24.0. The third kappa shape index (κ3) is 6.15. The lowest BCUT2D eigenvalue weighted by molar-refractivity contribution is -0.144. The molecule has 0 aliphatic carbocycles. The summed E-state index contributed by atoms with van der Waals surface area (Å²) < 4.78 is 36.9. The van der Waals surface area contributed by atoms with Crippen LogP contribution in [0.2, 0.25) is 0 Å². The number of rotatable bonds is 8. The Morgan fingerprint density at radius 1 is 0.971 bits per heavy atom. The minimum absolute atomic E-state index is 0.0831. The highest BCUT2D eigenvalue weighted by Crippen LogP contribution is 2.24. The maximum atomic E-state index is 12.7. The van der Waals surface area contributed by atoms with Gasteiger partial charge < -0.3 is 14.8 Å². The second-order valence-electron chi connectivity index (χ2n) is 7.55. The maximum absolute atomic E-state index is 12.7. The van der Waals surface area contributed by atoms with Crippen LogP contribution in [-0.2, 0) is 29.1 Å². The van der Waals surface area contributed by atoms with Crippen molar-refractivity contribution in [1.29, 1.82) is 0 Å². The first kappa shape index (κ1) is 24.2. The molecule has 0 bridgehead atoms. The van der Waals surface area contributed by atoms with Crippen LogP contribution in [0.4, 0.5) is 5.69 Å². The van der Waals surface area contributed by atoms with E-state index in [1.54, 1.807) is 0 Å². The van der Waals surface area contributed by atoms with Gasteiger partial charge in [-0.15, -0.1) is 11.8 Å². The van der Waals surface area contributed by atoms with Crippen LogP contribution in [0.1, 0.15) is 0 Å². The molecule has 1 aliphatic heterocycles. The van der Waals surface area contributed by atoms with E-state index in [1.807, 2.05) is 42.5 Å². The van der Waals surface area contributed by atoms with E-state index in [0.29, 0.717) is 32.0 Å². The Morgan fingerprint density at radius 2 is 1.68 bits per heavy atom. The van der Waals surface area contributed by atoms with Crippen LogP contribution in [0.15, 0.2) is 76.5 Å². The summed E-state index contributed by atoms with van der Waals surface area (Å²) in [6, 6.07) is 19.8. The van der Waals surface area contributed by atoms with Gasteiger partial charge >= 0.3 is 5.97 Å². The van der Waals surface area contributed by atoms with E-state index >= 15 is 0 Å². The Morgan fingerprint density at radius 3 is 2.41 bits per heavy atom. The Bertz CT molecular complexity index is 1270. The van der Waals surface area contributed by atoms with Crippen molar-refractivity contribution in [3.63, 3.8) is 0 Å². The summed E-state index contributed by atoms with van der Waals surface area (Å²) >= 11 is 1.34. The fourth-order valence-electron chi connectivity index (χ4n) is 3.43. The average molecular weight is 501 g/mol. The molecule has 0 aromatic heterocycles. The van der Waals surface area contributed by atoms with E-state index in [1.165, 1.54) is 40.3 Å². The Kier molecular flexibility index (Phi) is 7.84. The Hall–Kier alpha value is -2.92. The van der Waals surface area contributed by atoms with Crippen molar-refractivity contribution in [3.8, 4) is 0 Å². The predicted octanol–water partition coefficient (Wildman–Crippen LogP) is 3.13. The second-order valence-corrected chi connectivity index (χ2v) is 10.5. The van der Waals surface area contributed by atoms with E-state index in [-0.39, 0.29) is 10.6 Å². The van der Waals surface area contributed by atoms with Crippen LogP contribution in [0.5, 0.6) is 0 Å². The first-order valence-corrected chi connectivity index (χ1v) is 13.1. The number of ether oxygens (including phenoxy) is 2. The lowest BCUT2D eigenvalue weighted by Gasteiger charge is -2.26. The number of nitrogens with zero attached hydrogens (tertiary/aromatic N) is 1. The van der Waals surface area contributed by atoms with Gasteiger partial charge in [0.2, 0.25) is 10.0 Å². The lowest BCUT2D eigenvalue weighted by atomic mass is 10.1. The van der Waals surface area contributed by atoms with Crippen molar-refractivity contribution in [2.24, 2.45) is 0 Å². The molecule has 4 rings (SSSR count). The lowest BCUT2D eigenvalue weighted by Crippen LogP contribution is -2.40. The molecule has 8 nitrogen and oxygen atoms in total. The van der Waals surface area contributed by atoms with Gasteiger partial charge in [0, 0.05) is 23.7 Å². The van der Waals surface area contributed by atoms with Gasteiger partial charge in [-0.2, -0.15) is 4.31 Å². The number of hydrogen-bond donors (Lipinski definition) is 1. The molecule has 34 heavy (non-hydrogen) atoms. The summed E-state index contributed by atoms with van der Waals surface area (Å²) in [5.74, 6) is -0.923. The van der Waals surface area contributed by atoms with Crippen molar-refractivity contribution in [2.75, 3.05) is 44.0 Å². The number of nitrogens with one attached hydrogen (secondary N) is 1. The topological polar surface area (TPSA) is 102 Å². The van der Waals surface area contributed by atoms with E-state index in [9.17, 15) is 18.0 Å². The Balaban J connectivity index is 1.23. The second kappa shape index (κ2) is 11.0. The predicted molar refractivity (Wildman–Crippen MR) is 130 cm³/mol. The monoisotopic (exact) mass is 500 g/mol. The van der Waals surface area contributed by atoms with E-state index < -0.39 is 28.5 Å². The van der Waals surface area contributed by atoms with Gasteiger partial charge in [-0.05, 0) is 47.2 Å². The molecule has 178 valence electrons. The highest BCUT2D eigenvalue weighted by Gasteiger charge is 2.26. The quantitative estimate of drug-likeness (QED) is 0.375. The summed E-state index contributed by atoms with van der Waals surface area (Å²) in [6.07, 6.45) is 0. The van der Waals surface area contributed by atoms with Crippen molar-refractivity contribution in [2.45, 2.75) is 9.79 Å². The molecule has 0 saturated carbocycles. The fourth-order valence-corrected chi connectivity index (χ4v) is 5.58. The highest BCUT2D eigenvalue weighted by molar-refractivity contribution is 8.00. The number of carbonyl (C=O) groups is 2. The number of thioether (sulfide) groups is 1. The molecule has 10 heteroatoms. The zero-order valence-corrected chi connectivity index (χ0v) is 19.9. The molecule has 0 radical (unpaired) electrons. The molecule has 1 aliphatic rings. The number of morpholine rings is 1. The summed E-state index contributed by atoms with van der Waals surface area (Å²) in [5, 5.41) is 4.81. The van der Waals surface area contributed by atoms with E-state index in [4.69, 9.17) is 9.47 Å². The minimum atomic E-state index is -3.60. The molecule has 1 amide bonds. The van der Waals surface area contributed by atoms with E-state index in [2.05, 4.69) is 5.32 Å². The first-order chi connectivity index (χ1) is 16.4. The number of sulfonamides is 1. The molecule has 0 spiro atoms. The van der Waals surface area contributed by atoms with Crippen LogP contribution in [0, 0.1) is 0 Å². The van der Waals surface area contributed by atoms with Crippen LogP contribution < -0.4 is 5.32 Å². The fraction of sp³-hybridized carbons (Fsp3) is 0.250. The minimum Gasteiger partial charge on any atom is -0.455 e. The van der Waals surface area contributed by atoms with Gasteiger partial charge in [0.05, 0.1) is 23.9 Å². The van der Waals surface area contributed by atoms with Gasteiger partial charge in [-0.3, -0.25) is 9.59 Å². The van der Waals surface area contributed by atoms with E-state index in [0.717, 1.165) is 15.7 Å². The van der Waals surface area contributed by atoms with Crippen LogP contribution >= 0.6 is 11.8 Å². The van der Waals surface area contributed by atoms with Crippen LogP contribution in [0.3, 0.4) is 0 Å². The SMILES string of the molecule is O=C(COC(=O)CSc1ccc2ccccc2c1)Nc1ccc(S(=O)(=O)N2CCOCC2)cc1. The standard InChI is InChI=1S/C24H24N2O6S2/c27-23(16-32-24(28)17-33-21-8-5-18-3-1-2-4-19(18)15-21)25-20-6-9-22(10-7-20)34(29,30)26-11-13-31-14-12-26/h1-10,15H,11-14,16-17H2,(H,25,27). The number of hydrogen-bond acceptors (Lipinski definition) is 7. The van der Waals surface area contributed by atoms with Gasteiger partial charge in [-0.1, -0.05) is 30.3 Å². The summed E-state index contributed by atoms with van der Waals surface area (Å²) in [6.45, 7) is 0.932. The third-order valence-electron chi connectivity index (χ3n) is 5.19. The van der Waals surface area contributed by atoms with Crippen LogP contribution in [0.25, 0.3) is 10.8 Å². The average Bonchev–Trinajstić information content (AvgIpc) is 2.87. The number of esters is 1. The van der Waals surface area contributed by atoms with Crippen molar-refractivity contribution >= 4 is 50.1 Å². The van der Waals surface area contributed by atoms with Gasteiger partial charge in [0.15, 0.2) is 6.61 Å². The molecule has 1 N–H and O–H groups in total. The molecule has 3 aromatic rings. The number of carbonyl (C=O) groups excluding carboxylic acids is 2. The summed E-state index contributed by atoms with van der Waals surface area (Å²) in [7, 11) is -3.60. The van der Waals surface area contributed by atoms with Crippen molar-refractivity contribution < 1.29 is 27.5 Å². The summed E-state index contributed by atoms with van der Waals surface area (Å²) in [4.78, 5) is 25.3. The molecule has 0 atom stereocenters. The number of fused-ring (bicyclic) bond motifs is 1. The Labute approximate surface area is 202 Å². The molecule has 1 heterocycles. The molecule has 3 aromatic carbocycles. The number of benzene rings is 3. The molecule has 0 unspecified atom stereocenters. The van der Waals surface area contributed by atoms with Crippen LogP contribution in [-0.4, -0.2) is 63.3 Å². The first-order valence-electron chi connectivity index (χ1n) is 10.7. The number of anilines is 1. The largest absolute Gasteiger partial charge is 0.455 e. The molecular formula is C24H24N2O6S2. The van der Waals surface area contributed by atoms with Gasteiger partial charge in [0.1, 0.15) is 0 Å². The molecular weight excluding hydrogens is 476 g/mol. The van der Waals surface area contributed by atoms with Crippen molar-refractivity contribution in [1.82, 2.24) is 4.31 Å². The zero-order valence-electron chi connectivity index (χ0n) is 18.3. The van der Waals surface area contributed by atoms with Crippen molar-refractivity contribution in [3.05, 3.63) is 66.7 Å². The van der Waals surface area contributed by atoms with Gasteiger partial charge in [0.25, 0.3) is 5.91 Å². The summed E-state index contributed by atoms with van der Waals surface area (Å²) in [5.41, 5.74) is 0.410. The third-order valence-corrected chi connectivity index (χ3v) is 8.07. The smallest absolute Gasteiger partial charge is 0.316 e.